The molecule has 1 heterocycles. The summed E-state index contributed by atoms with van der Waals surface area (Å²) in [4.78, 5) is 4.00. The number of hydrogen-bond donors (Lipinski definition) is 2. The van der Waals surface area contributed by atoms with Crippen molar-refractivity contribution in [3.63, 3.8) is 0 Å². The predicted molar refractivity (Wildman–Crippen MR) is 83.4 cm³/mol. The van der Waals surface area contributed by atoms with Gasteiger partial charge in [-0.15, -0.1) is 0 Å². The summed E-state index contributed by atoms with van der Waals surface area (Å²) in [6.07, 6.45) is 1.49. The first-order valence-electron chi connectivity index (χ1n) is 5.96. The van der Waals surface area contributed by atoms with Crippen LogP contribution in [-0.2, 0) is 10.0 Å². The molecule has 0 aliphatic heterocycles. The number of anilines is 2. The van der Waals surface area contributed by atoms with Crippen LogP contribution in [-0.4, -0.2) is 20.4 Å². The molecule has 0 aliphatic carbocycles. The first-order valence-corrected chi connectivity index (χ1v) is 8.23. The second-order valence-electron chi connectivity index (χ2n) is 4.32. The number of rotatable bonds is 4. The summed E-state index contributed by atoms with van der Waals surface area (Å²) in [6, 6.07) is 5.45. The molecule has 112 valence electrons. The smallest absolute Gasteiger partial charge is 0.265 e. The van der Waals surface area contributed by atoms with Crippen molar-refractivity contribution >= 4 is 37.5 Å². The lowest BCUT2D eigenvalue weighted by atomic mass is 10.2. The highest BCUT2D eigenvalue weighted by molar-refractivity contribution is 9.10. The van der Waals surface area contributed by atoms with Gasteiger partial charge in [0.25, 0.3) is 10.0 Å². The summed E-state index contributed by atoms with van der Waals surface area (Å²) in [5, 5.41) is 2.72. The Kier molecular flexibility index (Phi) is 4.48. The lowest BCUT2D eigenvalue weighted by Gasteiger charge is -2.12. The van der Waals surface area contributed by atoms with Crippen LogP contribution in [0.3, 0.4) is 0 Å². The maximum absolute atomic E-state index is 13.2. The molecule has 5 nitrogen and oxygen atoms in total. The highest BCUT2D eigenvalue weighted by atomic mass is 79.9. The van der Waals surface area contributed by atoms with Gasteiger partial charge >= 0.3 is 0 Å². The first-order chi connectivity index (χ1) is 9.83. The third-order valence-corrected chi connectivity index (χ3v) is 4.58. The molecular weight excluding hydrogens is 361 g/mol. The summed E-state index contributed by atoms with van der Waals surface area (Å²) < 4.78 is 41.0. The number of aromatic nitrogens is 1. The minimum atomic E-state index is -3.84. The normalized spacial score (nSPS) is 11.2. The molecule has 1 aromatic heterocycles. The minimum absolute atomic E-state index is 0.00125. The second kappa shape index (κ2) is 5.98. The van der Waals surface area contributed by atoms with Gasteiger partial charge in [-0.25, -0.2) is 17.8 Å². The van der Waals surface area contributed by atoms with Crippen molar-refractivity contribution in [1.82, 2.24) is 4.98 Å². The number of halogens is 2. The van der Waals surface area contributed by atoms with Crippen LogP contribution in [0, 0.1) is 12.7 Å². The zero-order valence-corrected chi connectivity index (χ0v) is 13.7. The zero-order valence-electron chi connectivity index (χ0n) is 11.3. The fourth-order valence-electron chi connectivity index (χ4n) is 1.73. The second-order valence-corrected chi connectivity index (χ2v) is 6.89. The van der Waals surface area contributed by atoms with E-state index < -0.39 is 15.8 Å². The van der Waals surface area contributed by atoms with E-state index in [1.165, 1.54) is 30.5 Å². The third-order valence-electron chi connectivity index (χ3n) is 2.76. The van der Waals surface area contributed by atoms with Crippen molar-refractivity contribution < 1.29 is 12.8 Å². The molecule has 0 spiro atoms. The summed E-state index contributed by atoms with van der Waals surface area (Å²) in [5.41, 5.74) is 0.646. The Labute approximate surface area is 130 Å². The van der Waals surface area contributed by atoms with Gasteiger partial charge in [0.15, 0.2) is 0 Å². The molecule has 0 aliphatic rings. The van der Waals surface area contributed by atoms with E-state index in [0.29, 0.717) is 10.0 Å². The Balaban J connectivity index is 2.42. The van der Waals surface area contributed by atoms with Crippen molar-refractivity contribution in [2.75, 3.05) is 17.1 Å². The van der Waals surface area contributed by atoms with Crippen molar-refractivity contribution in [3.8, 4) is 0 Å². The Morgan fingerprint density at radius 1 is 1.29 bits per heavy atom. The number of nitrogens with one attached hydrogen (secondary N) is 2. The highest BCUT2D eigenvalue weighted by Gasteiger charge is 2.20. The van der Waals surface area contributed by atoms with Crippen LogP contribution in [0.15, 0.2) is 39.8 Å². The van der Waals surface area contributed by atoms with Gasteiger partial charge in [0.2, 0.25) is 0 Å². The van der Waals surface area contributed by atoms with E-state index in [9.17, 15) is 12.8 Å². The summed E-state index contributed by atoms with van der Waals surface area (Å²) in [5.74, 6) is -0.164. The van der Waals surface area contributed by atoms with Crippen molar-refractivity contribution in [3.05, 3.63) is 46.3 Å². The van der Waals surface area contributed by atoms with Crippen LogP contribution >= 0.6 is 15.9 Å². The lowest BCUT2D eigenvalue weighted by Crippen LogP contribution is -2.15. The molecule has 0 unspecified atom stereocenters. The number of aryl methyl sites for hydroxylation is 1. The van der Waals surface area contributed by atoms with E-state index >= 15 is 0 Å². The van der Waals surface area contributed by atoms with Gasteiger partial charge in [-0.2, -0.15) is 0 Å². The molecule has 2 aromatic rings. The maximum atomic E-state index is 13.2. The molecule has 1 aromatic carbocycles. The summed E-state index contributed by atoms with van der Waals surface area (Å²) in [6.45, 7) is 1.56. The van der Waals surface area contributed by atoms with Gasteiger partial charge in [-0.3, -0.25) is 4.72 Å². The summed E-state index contributed by atoms with van der Waals surface area (Å²) in [7, 11) is -2.25. The number of nitrogens with zero attached hydrogens (tertiary/aromatic N) is 1. The van der Waals surface area contributed by atoms with Crippen LogP contribution in [0.2, 0.25) is 0 Å². The molecule has 0 amide bonds. The number of benzene rings is 1. The van der Waals surface area contributed by atoms with Crippen molar-refractivity contribution in [2.24, 2.45) is 0 Å². The largest absolute Gasteiger partial charge is 0.372 e. The monoisotopic (exact) mass is 373 g/mol. The van der Waals surface area contributed by atoms with Gasteiger partial charge < -0.3 is 5.32 Å². The molecule has 2 rings (SSSR count). The molecule has 2 N–H and O–H groups in total. The Morgan fingerprint density at radius 2 is 2.00 bits per heavy atom. The number of pyridine rings is 1. The fraction of sp³-hybridized carbons (Fsp3) is 0.154. The van der Waals surface area contributed by atoms with Crippen LogP contribution in [0.5, 0.6) is 0 Å². The molecule has 0 atom stereocenters. The van der Waals surface area contributed by atoms with Gasteiger partial charge in [-0.05, 0) is 52.7 Å². The first kappa shape index (κ1) is 15.7. The SMILES string of the molecule is CNc1ncc(Br)cc1S(=O)(=O)Nc1ccc(F)c(C)c1. The van der Waals surface area contributed by atoms with Gasteiger partial charge in [-0.1, -0.05) is 0 Å². The molecule has 0 bridgehead atoms. The number of hydrogen-bond acceptors (Lipinski definition) is 4. The standard InChI is InChI=1S/C13H13BrFN3O2S/c1-8-5-10(3-4-11(8)15)18-21(19,20)12-6-9(14)7-17-13(12)16-2/h3-7,18H,1-2H3,(H,16,17). The summed E-state index contributed by atoms with van der Waals surface area (Å²) >= 11 is 3.19. The van der Waals surface area contributed by atoms with Gasteiger partial charge in [0, 0.05) is 23.4 Å². The fourth-order valence-corrected chi connectivity index (χ4v) is 3.45. The quantitative estimate of drug-likeness (QED) is 0.863. The highest BCUT2D eigenvalue weighted by Crippen LogP contribution is 2.25. The van der Waals surface area contributed by atoms with E-state index in [1.54, 1.807) is 14.0 Å². The van der Waals surface area contributed by atoms with Crippen molar-refractivity contribution in [2.45, 2.75) is 11.8 Å². The van der Waals surface area contributed by atoms with Crippen LogP contribution in [0.25, 0.3) is 0 Å². The predicted octanol–water partition coefficient (Wildman–Crippen LogP) is 3.13. The van der Waals surface area contributed by atoms with Crippen LogP contribution < -0.4 is 10.0 Å². The van der Waals surface area contributed by atoms with Gasteiger partial charge in [0.1, 0.15) is 16.5 Å². The van der Waals surface area contributed by atoms with E-state index in [1.807, 2.05) is 0 Å². The molecule has 8 heteroatoms. The Bertz CT molecular complexity index is 781. The maximum Gasteiger partial charge on any atom is 0.265 e. The van der Waals surface area contributed by atoms with E-state index in [0.717, 1.165) is 0 Å². The molecule has 0 radical (unpaired) electrons. The molecule has 0 fully saturated rings. The van der Waals surface area contributed by atoms with E-state index in [4.69, 9.17) is 0 Å². The van der Waals surface area contributed by atoms with E-state index in [2.05, 4.69) is 31.0 Å². The molecule has 0 saturated carbocycles. The van der Waals surface area contributed by atoms with Crippen molar-refractivity contribution in [1.29, 1.82) is 0 Å². The third kappa shape index (κ3) is 3.51. The minimum Gasteiger partial charge on any atom is -0.372 e. The van der Waals surface area contributed by atoms with Crippen LogP contribution in [0.4, 0.5) is 15.9 Å². The Hall–Kier alpha value is -1.67. The molecule has 0 saturated heterocycles. The molecule has 21 heavy (non-hydrogen) atoms. The average Bonchev–Trinajstić information content (AvgIpc) is 2.42. The Morgan fingerprint density at radius 3 is 2.62 bits per heavy atom. The van der Waals surface area contributed by atoms with Gasteiger partial charge in [0.05, 0.1) is 0 Å². The number of sulfonamides is 1. The topological polar surface area (TPSA) is 71.1 Å². The van der Waals surface area contributed by atoms with Crippen LogP contribution in [0.1, 0.15) is 5.56 Å². The zero-order chi connectivity index (χ0) is 15.6. The lowest BCUT2D eigenvalue weighted by molar-refractivity contribution is 0.600. The molecular formula is C13H13BrFN3O2S. The van der Waals surface area contributed by atoms with E-state index in [-0.39, 0.29) is 16.4 Å². The average molecular weight is 374 g/mol.